The van der Waals surface area contributed by atoms with E-state index in [1.54, 1.807) is 16.8 Å². The second-order valence-electron chi connectivity index (χ2n) is 7.29. The number of nitrogens with zero attached hydrogens (tertiary/aromatic N) is 3. The van der Waals surface area contributed by atoms with Gasteiger partial charge in [-0.2, -0.15) is 0 Å². The molecule has 30 heavy (non-hydrogen) atoms. The monoisotopic (exact) mass is 416 g/mol. The average Bonchev–Trinajstić information content (AvgIpc) is 3.15. The molecule has 0 atom stereocenters. The molecule has 4 rings (SSSR count). The second kappa shape index (κ2) is 8.13. The Kier molecular flexibility index (Phi) is 5.38. The lowest BCUT2D eigenvalue weighted by Gasteiger charge is -2.10. The summed E-state index contributed by atoms with van der Waals surface area (Å²) in [6, 6.07) is 21.0. The van der Waals surface area contributed by atoms with Crippen molar-refractivity contribution >= 4 is 23.2 Å². The van der Waals surface area contributed by atoms with Crippen LogP contribution in [0.25, 0.3) is 17.1 Å². The van der Waals surface area contributed by atoms with E-state index in [1.165, 1.54) is 0 Å². The van der Waals surface area contributed by atoms with Gasteiger partial charge in [0, 0.05) is 16.3 Å². The standard InChI is InChI=1S/C24H21ClN4O/c1-15-4-11-20(12-5-15)26-24(30)22-27-23(18-7-9-19(25)10-8-18)29(28-22)21-13-6-16(2)14-17(21)3/h4-14H,1-3H3,(H,26,30). The molecule has 0 saturated carbocycles. The van der Waals surface area contributed by atoms with Gasteiger partial charge >= 0.3 is 0 Å². The van der Waals surface area contributed by atoms with E-state index >= 15 is 0 Å². The summed E-state index contributed by atoms with van der Waals surface area (Å²) >= 11 is 6.05. The molecule has 4 aromatic rings. The molecule has 0 aliphatic carbocycles. The third kappa shape index (κ3) is 4.11. The van der Waals surface area contributed by atoms with Gasteiger partial charge in [-0.25, -0.2) is 9.67 Å². The first-order chi connectivity index (χ1) is 14.4. The van der Waals surface area contributed by atoms with E-state index in [2.05, 4.69) is 21.5 Å². The van der Waals surface area contributed by atoms with Crippen molar-refractivity contribution in [3.63, 3.8) is 0 Å². The number of anilines is 1. The van der Waals surface area contributed by atoms with Crippen LogP contribution in [0.15, 0.2) is 66.7 Å². The first-order valence-electron chi connectivity index (χ1n) is 9.59. The van der Waals surface area contributed by atoms with Crippen molar-refractivity contribution in [1.82, 2.24) is 14.8 Å². The zero-order valence-corrected chi connectivity index (χ0v) is 17.7. The molecule has 0 aliphatic heterocycles. The van der Waals surface area contributed by atoms with Crippen LogP contribution in [-0.4, -0.2) is 20.7 Å². The first kappa shape index (κ1) is 19.9. The van der Waals surface area contributed by atoms with Gasteiger partial charge in [-0.1, -0.05) is 47.0 Å². The minimum absolute atomic E-state index is 0.0977. The van der Waals surface area contributed by atoms with E-state index in [4.69, 9.17) is 11.6 Å². The highest BCUT2D eigenvalue weighted by molar-refractivity contribution is 6.30. The lowest BCUT2D eigenvalue weighted by atomic mass is 10.1. The van der Waals surface area contributed by atoms with Crippen LogP contribution < -0.4 is 5.32 Å². The fourth-order valence-electron chi connectivity index (χ4n) is 3.23. The fourth-order valence-corrected chi connectivity index (χ4v) is 3.35. The minimum atomic E-state index is -0.363. The minimum Gasteiger partial charge on any atom is -0.319 e. The Morgan fingerprint density at radius 2 is 1.57 bits per heavy atom. The summed E-state index contributed by atoms with van der Waals surface area (Å²) in [6.07, 6.45) is 0. The van der Waals surface area contributed by atoms with Crippen molar-refractivity contribution in [2.75, 3.05) is 5.32 Å². The van der Waals surface area contributed by atoms with Gasteiger partial charge in [0.25, 0.3) is 5.91 Å². The van der Waals surface area contributed by atoms with Crippen LogP contribution in [0.3, 0.4) is 0 Å². The number of carbonyl (C=O) groups is 1. The van der Waals surface area contributed by atoms with Gasteiger partial charge < -0.3 is 5.32 Å². The number of benzene rings is 3. The quantitative estimate of drug-likeness (QED) is 0.459. The lowest BCUT2D eigenvalue weighted by Crippen LogP contribution is -2.14. The average molecular weight is 417 g/mol. The van der Waals surface area contributed by atoms with Crippen LogP contribution in [0.2, 0.25) is 5.02 Å². The van der Waals surface area contributed by atoms with Crippen molar-refractivity contribution in [3.05, 3.63) is 94.3 Å². The molecule has 0 fully saturated rings. The summed E-state index contributed by atoms with van der Waals surface area (Å²) in [7, 11) is 0. The molecule has 5 nitrogen and oxygen atoms in total. The molecule has 6 heteroatoms. The maximum absolute atomic E-state index is 12.8. The topological polar surface area (TPSA) is 59.8 Å². The summed E-state index contributed by atoms with van der Waals surface area (Å²) in [4.78, 5) is 17.4. The molecule has 0 radical (unpaired) electrons. The molecule has 0 bridgehead atoms. The summed E-state index contributed by atoms with van der Waals surface area (Å²) < 4.78 is 1.71. The molecule has 0 unspecified atom stereocenters. The van der Waals surface area contributed by atoms with Gasteiger partial charge in [-0.05, 0) is 68.8 Å². The predicted octanol–water partition coefficient (Wildman–Crippen LogP) is 5.77. The number of amides is 1. The van der Waals surface area contributed by atoms with Crippen molar-refractivity contribution in [2.24, 2.45) is 0 Å². The van der Waals surface area contributed by atoms with Gasteiger partial charge in [0.15, 0.2) is 5.82 Å². The Morgan fingerprint density at radius 1 is 0.900 bits per heavy atom. The SMILES string of the molecule is Cc1ccc(NC(=O)c2nc(-c3ccc(Cl)cc3)n(-c3ccc(C)cc3C)n2)cc1. The number of rotatable bonds is 4. The molecule has 0 spiro atoms. The van der Waals surface area contributed by atoms with E-state index in [0.717, 1.165) is 27.9 Å². The highest BCUT2D eigenvalue weighted by Gasteiger charge is 2.20. The molecule has 150 valence electrons. The van der Waals surface area contributed by atoms with Crippen LogP contribution in [-0.2, 0) is 0 Å². The number of carbonyl (C=O) groups excluding carboxylic acids is 1. The van der Waals surface area contributed by atoms with Crippen LogP contribution in [0, 0.1) is 20.8 Å². The molecule has 1 heterocycles. The van der Waals surface area contributed by atoms with E-state index in [0.29, 0.717) is 16.5 Å². The molecule has 1 aromatic heterocycles. The van der Waals surface area contributed by atoms with Gasteiger partial charge in [0.2, 0.25) is 5.82 Å². The second-order valence-corrected chi connectivity index (χ2v) is 7.72. The van der Waals surface area contributed by atoms with Crippen molar-refractivity contribution in [3.8, 4) is 17.1 Å². The zero-order chi connectivity index (χ0) is 21.3. The molecule has 0 saturated heterocycles. The number of hydrogen-bond donors (Lipinski definition) is 1. The molecule has 1 amide bonds. The Bertz CT molecular complexity index is 1210. The number of aryl methyl sites for hydroxylation is 3. The Morgan fingerprint density at radius 3 is 2.23 bits per heavy atom. The van der Waals surface area contributed by atoms with Crippen LogP contribution in [0.5, 0.6) is 0 Å². The Hall–Kier alpha value is -3.44. The zero-order valence-electron chi connectivity index (χ0n) is 17.0. The van der Waals surface area contributed by atoms with Gasteiger partial charge in [-0.3, -0.25) is 4.79 Å². The van der Waals surface area contributed by atoms with E-state index in [9.17, 15) is 4.79 Å². The largest absolute Gasteiger partial charge is 0.319 e. The third-order valence-electron chi connectivity index (χ3n) is 4.80. The molecule has 0 aliphatic rings. The Labute approximate surface area is 180 Å². The van der Waals surface area contributed by atoms with E-state index in [1.807, 2.05) is 69.3 Å². The van der Waals surface area contributed by atoms with E-state index in [-0.39, 0.29) is 11.7 Å². The summed E-state index contributed by atoms with van der Waals surface area (Å²) in [6.45, 7) is 6.05. The number of hydrogen-bond acceptors (Lipinski definition) is 3. The van der Waals surface area contributed by atoms with Crippen molar-refractivity contribution in [1.29, 1.82) is 0 Å². The lowest BCUT2D eigenvalue weighted by molar-refractivity contribution is 0.101. The predicted molar refractivity (Wildman–Crippen MR) is 120 cm³/mol. The van der Waals surface area contributed by atoms with Crippen LogP contribution >= 0.6 is 11.6 Å². The van der Waals surface area contributed by atoms with Crippen molar-refractivity contribution < 1.29 is 4.79 Å². The molecule has 3 aromatic carbocycles. The Balaban J connectivity index is 1.78. The van der Waals surface area contributed by atoms with Crippen LogP contribution in [0.4, 0.5) is 5.69 Å². The van der Waals surface area contributed by atoms with Gasteiger partial charge in [0.1, 0.15) is 0 Å². The highest BCUT2D eigenvalue weighted by atomic mass is 35.5. The molecular formula is C24H21ClN4O. The summed E-state index contributed by atoms with van der Waals surface area (Å²) in [5.41, 5.74) is 5.70. The van der Waals surface area contributed by atoms with Gasteiger partial charge in [-0.15, -0.1) is 5.10 Å². The van der Waals surface area contributed by atoms with Crippen LogP contribution in [0.1, 0.15) is 27.3 Å². The maximum Gasteiger partial charge on any atom is 0.295 e. The third-order valence-corrected chi connectivity index (χ3v) is 5.05. The number of nitrogens with one attached hydrogen (secondary N) is 1. The maximum atomic E-state index is 12.8. The fraction of sp³-hybridized carbons (Fsp3) is 0.125. The first-order valence-corrected chi connectivity index (χ1v) is 9.97. The normalized spacial score (nSPS) is 10.8. The summed E-state index contributed by atoms with van der Waals surface area (Å²) in [5.74, 6) is 0.311. The molecule has 1 N–H and O–H groups in total. The van der Waals surface area contributed by atoms with Gasteiger partial charge in [0.05, 0.1) is 5.69 Å². The highest BCUT2D eigenvalue weighted by Crippen LogP contribution is 2.25. The molecular weight excluding hydrogens is 396 g/mol. The summed E-state index contributed by atoms with van der Waals surface area (Å²) in [5, 5.41) is 8.04. The smallest absolute Gasteiger partial charge is 0.295 e. The van der Waals surface area contributed by atoms with E-state index < -0.39 is 0 Å². The number of halogens is 1. The van der Waals surface area contributed by atoms with Crippen molar-refractivity contribution in [2.45, 2.75) is 20.8 Å². The number of aromatic nitrogens is 3.